The van der Waals surface area contributed by atoms with E-state index in [1.807, 2.05) is 0 Å². The molecular weight excluding hydrogens is 158 g/mol. The van der Waals surface area contributed by atoms with E-state index < -0.39 is 0 Å². The summed E-state index contributed by atoms with van der Waals surface area (Å²) in [6.45, 7) is 0. The van der Waals surface area contributed by atoms with Crippen molar-refractivity contribution < 1.29 is 9.60 Å². The van der Waals surface area contributed by atoms with Crippen LogP contribution in [0, 0.1) is 5.82 Å². The molecule has 1 aromatic rings. The van der Waals surface area contributed by atoms with Crippen molar-refractivity contribution in [2.75, 3.05) is 0 Å². The predicted octanol–water partition coefficient (Wildman–Crippen LogP) is -0.821. The fourth-order valence-corrected chi connectivity index (χ4v) is 0.862. The summed E-state index contributed by atoms with van der Waals surface area (Å²) in [4.78, 5) is 0. The maximum atomic E-state index is 12.7. The lowest BCUT2D eigenvalue weighted by atomic mass is 9.93. The van der Waals surface area contributed by atoms with Gasteiger partial charge in [0.2, 0.25) is 0 Å². The van der Waals surface area contributed by atoms with Crippen LogP contribution in [0.15, 0.2) is 23.4 Å². The SMILES string of the molecule is Bc1cc(/C(N)=N\O)ccc1F. The van der Waals surface area contributed by atoms with E-state index in [-0.39, 0.29) is 11.7 Å². The number of oxime groups is 1. The summed E-state index contributed by atoms with van der Waals surface area (Å²) in [6.07, 6.45) is 0. The molecule has 12 heavy (non-hydrogen) atoms. The van der Waals surface area contributed by atoms with E-state index in [1.54, 1.807) is 7.85 Å². The van der Waals surface area contributed by atoms with Gasteiger partial charge in [-0.2, -0.15) is 0 Å². The minimum atomic E-state index is -0.301. The Hall–Kier alpha value is -1.52. The van der Waals surface area contributed by atoms with Gasteiger partial charge in [-0.05, 0) is 12.1 Å². The van der Waals surface area contributed by atoms with Crippen molar-refractivity contribution in [3.8, 4) is 0 Å². The zero-order chi connectivity index (χ0) is 9.14. The molecular formula is C7H8BFN2O. The molecule has 0 spiro atoms. The Morgan fingerprint density at radius 1 is 1.58 bits per heavy atom. The van der Waals surface area contributed by atoms with Gasteiger partial charge in [-0.1, -0.05) is 16.7 Å². The van der Waals surface area contributed by atoms with Gasteiger partial charge in [-0.15, -0.1) is 0 Å². The first-order chi connectivity index (χ1) is 5.65. The lowest BCUT2D eigenvalue weighted by Crippen LogP contribution is -2.17. The first-order valence-corrected chi connectivity index (χ1v) is 3.39. The van der Waals surface area contributed by atoms with Gasteiger partial charge in [0.15, 0.2) is 5.84 Å². The standard InChI is InChI=1S/C7H8BFN2O/c8-5-3-4(7(10)11-12)1-2-6(5)9/h1-3,12H,8H2,(H2,10,11). The Balaban J connectivity index is 3.13. The predicted molar refractivity (Wildman–Crippen MR) is 47.1 cm³/mol. The molecule has 0 heterocycles. The molecule has 1 rings (SSSR count). The molecule has 0 amide bonds. The highest BCUT2D eigenvalue weighted by atomic mass is 19.1. The molecule has 0 atom stereocenters. The Kier molecular flexibility index (Phi) is 2.33. The summed E-state index contributed by atoms with van der Waals surface area (Å²) < 4.78 is 12.7. The minimum Gasteiger partial charge on any atom is -0.409 e. The largest absolute Gasteiger partial charge is 0.409 e. The van der Waals surface area contributed by atoms with Crippen molar-refractivity contribution in [1.82, 2.24) is 0 Å². The number of hydrogen-bond donors (Lipinski definition) is 2. The quantitative estimate of drug-likeness (QED) is 0.188. The van der Waals surface area contributed by atoms with Crippen molar-refractivity contribution in [3.63, 3.8) is 0 Å². The van der Waals surface area contributed by atoms with Crippen LogP contribution in [0.5, 0.6) is 0 Å². The highest BCUT2D eigenvalue weighted by Gasteiger charge is 2.01. The molecule has 1 aromatic carbocycles. The summed E-state index contributed by atoms with van der Waals surface area (Å²) in [5, 5.41) is 11.1. The molecule has 3 nitrogen and oxygen atoms in total. The number of benzene rings is 1. The molecule has 62 valence electrons. The number of rotatable bonds is 1. The minimum absolute atomic E-state index is 0.0156. The number of amidine groups is 1. The summed E-state index contributed by atoms with van der Waals surface area (Å²) in [6, 6.07) is 4.25. The molecule has 0 aliphatic rings. The number of halogens is 1. The number of nitrogens with two attached hydrogens (primary N) is 1. The second-order valence-corrected chi connectivity index (χ2v) is 2.45. The van der Waals surface area contributed by atoms with Crippen LogP contribution in [0.1, 0.15) is 5.56 Å². The van der Waals surface area contributed by atoms with Gasteiger partial charge in [0.25, 0.3) is 0 Å². The van der Waals surface area contributed by atoms with E-state index in [0.29, 0.717) is 11.0 Å². The molecule has 0 aliphatic carbocycles. The van der Waals surface area contributed by atoms with E-state index >= 15 is 0 Å². The van der Waals surface area contributed by atoms with Crippen molar-refractivity contribution in [2.24, 2.45) is 10.9 Å². The van der Waals surface area contributed by atoms with Crippen LogP contribution < -0.4 is 11.2 Å². The van der Waals surface area contributed by atoms with Crippen LogP contribution in [0.3, 0.4) is 0 Å². The maximum absolute atomic E-state index is 12.7. The average Bonchev–Trinajstić information content (AvgIpc) is 2.08. The molecule has 3 N–H and O–H groups in total. The first kappa shape index (κ1) is 8.58. The first-order valence-electron chi connectivity index (χ1n) is 3.39. The molecule has 0 saturated carbocycles. The van der Waals surface area contributed by atoms with Gasteiger partial charge in [0, 0.05) is 5.56 Å². The second-order valence-electron chi connectivity index (χ2n) is 2.45. The average molecular weight is 166 g/mol. The van der Waals surface area contributed by atoms with Gasteiger partial charge in [0.1, 0.15) is 13.7 Å². The van der Waals surface area contributed by atoms with Crippen LogP contribution in [-0.2, 0) is 0 Å². The molecule has 0 fully saturated rings. The summed E-state index contributed by atoms with van der Waals surface area (Å²) in [7, 11) is 1.61. The molecule has 0 aromatic heterocycles. The van der Waals surface area contributed by atoms with Crippen molar-refractivity contribution in [1.29, 1.82) is 0 Å². The van der Waals surface area contributed by atoms with Crippen LogP contribution in [0.2, 0.25) is 0 Å². The molecule has 0 radical (unpaired) electrons. The van der Waals surface area contributed by atoms with E-state index in [0.717, 1.165) is 0 Å². The van der Waals surface area contributed by atoms with Gasteiger partial charge in [0.05, 0.1) is 0 Å². The third kappa shape index (κ3) is 1.55. The zero-order valence-electron chi connectivity index (χ0n) is 6.58. The number of nitrogens with zero attached hydrogens (tertiary/aromatic N) is 1. The maximum Gasteiger partial charge on any atom is 0.170 e. The molecule has 0 unspecified atom stereocenters. The summed E-state index contributed by atoms with van der Waals surface area (Å²) in [5.74, 6) is -0.317. The smallest absolute Gasteiger partial charge is 0.170 e. The van der Waals surface area contributed by atoms with Crippen LogP contribution in [0.4, 0.5) is 4.39 Å². The van der Waals surface area contributed by atoms with E-state index in [2.05, 4.69) is 5.16 Å². The lowest BCUT2D eigenvalue weighted by molar-refractivity contribution is 0.318. The highest BCUT2D eigenvalue weighted by molar-refractivity contribution is 6.32. The van der Waals surface area contributed by atoms with E-state index in [9.17, 15) is 4.39 Å². The summed E-state index contributed by atoms with van der Waals surface area (Å²) >= 11 is 0. The van der Waals surface area contributed by atoms with Gasteiger partial charge in [-0.25, -0.2) is 4.39 Å². The van der Waals surface area contributed by atoms with E-state index in [4.69, 9.17) is 10.9 Å². The highest BCUT2D eigenvalue weighted by Crippen LogP contribution is 1.98. The van der Waals surface area contributed by atoms with Gasteiger partial charge in [-0.3, -0.25) is 0 Å². The number of hydrogen-bond acceptors (Lipinski definition) is 2. The van der Waals surface area contributed by atoms with E-state index in [1.165, 1.54) is 18.2 Å². The Labute approximate surface area is 70.1 Å². The second kappa shape index (κ2) is 3.25. The zero-order valence-corrected chi connectivity index (χ0v) is 6.58. The molecule has 0 bridgehead atoms. The van der Waals surface area contributed by atoms with Crippen LogP contribution >= 0.6 is 0 Å². The Bertz CT molecular complexity index is 327. The molecule has 0 saturated heterocycles. The van der Waals surface area contributed by atoms with Gasteiger partial charge < -0.3 is 10.9 Å². The molecule has 0 aliphatic heterocycles. The normalized spacial score (nSPS) is 11.6. The van der Waals surface area contributed by atoms with Crippen molar-refractivity contribution in [3.05, 3.63) is 29.6 Å². The fraction of sp³-hybridized carbons (Fsp3) is 0. The Morgan fingerprint density at radius 2 is 2.25 bits per heavy atom. The Morgan fingerprint density at radius 3 is 2.75 bits per heavy atom. The third-order valence-corrected chi connectivity index (χ3v) is 1.56. The molecule has 5 heteroatoms. The topological polar surface area (TPSA) is 58.6 Å². The summed E-state index contributed by atoms with van der Waals surface area (Å²) in [5.41, 5.74) is 6.27. The van der Waals surface area contributed by atoms with Crippen LogP contribution in [-0.4, -0.2) is 18.9 Å². The monoisotopic (exact) mass is 166 g/mol. The van der Waals surface area contributed by atoms with Gasteiger partial charge >= 0.3 is 0 Å². The van der Waals surface area contributed by atoms with Crippen molar-refractivity contribution in [2.45, 2.75) is 0 Å². The fourth-order valence-electron chi connectivity index (χ4n) is 0.862. The third-order valence-electron chi connectivity index (χ3n) is 1.56. The van der Waals surface area contributed by atoms with Crippen LogP contribution in [0.25, 0.3) is 0 Å². The lowest BCUT2D eigenvalue weighted by Gasteiger charge is -2.00. The van der Waals surface area contributed by atoms with Crippen molar-refractivity contribution >= 4 is 19.1 Å².